The Bertz CT molecular complexity index is 672. The molecule has 20 heavy (non-hydrogen) atoms. The Balaban J connectivity index is 3.23. The first-order valence-corrected chi connectivity index (χ1v) is 7.62. The zero-order valence-corrected chi connectivity index (χ0v) is 12.5. The monoisotopic (exact) mass is 296 g/mol. The molecule has 1 aromatic carbocycles. The van der Waals surface area contributed by atoms with E-state index in [1.54, 1.807) is 13.8 Å². The molecule has 0 atom stereocenters. The van der Waals surface area contributed by atoms with E-state index in [1.165, 1.54) is 25.3 Å². The third-order valence-electron chi connectivity index (χ3n) is 2.53. The first kappa shape index (κ1) is 16.0. The molecule has 0 saturated heterocycles. The Labute approximate surface area is 118 Å². The second-order valence-corrected chi connectivity index (χ2v) is 6.81. The fourth-order valence-electron chi connectivity index (χ4n) is 1.49. The van der Waals surface area contributed by atoms with E-state index in [9.17, 15) is 13.2 Å². The molecule has 0 aliphatic rings. The second-order valence-electron chi connectivity index (χ2n) is 4.83. The Morgan fingerprint density at radius 3 is 2.45 bits per heavy atom. The third-order valence-corrected chi connectivity index (χ3v) is 3.65. The Kier molecular flexibility index (Phi) is 4.40. The zero-order chi connectivity index (χ0) is 15.6. The van der Waals surface area contributed by atoms with Crippen molar-refractivity contribution in [2.24, 2.45) is 0 Å². The molecular formula is C13H16N2O4S. The highest BCUT2D eigenvalue weighted by Crippen LogP contribution is 2.25. The molecule has 0 aliphatic heterocycles. The average molecular weight is 296 g/mol. The number of ether oxygens (including phenoxy) is 1. The Morgan fingerprint density at radius 2 is 2.00 bits per heavy atom. The number of sulfone groups is 1. The van der Waals surface area contributed by atoms with Crippen molar-refractivity contribution in [2.45, 2.75) is 24.3 Å². The minimum atomic E-state index is -3.52. The topological polar surface area (TPSA) is 96.3 Å². The molecular weight excluding hydrogens is 280 g/mol. The lowest BCUT2D eigenvalue weighted by Gasteiger charge is -2.18. The van der Waals surface area contributed by atoms with Gasteiger partial charge in [-0.15, -0.1) is 0 Å². The van der Waals surface area contributed by atoms with Crippen molar-refractivity contribution in [3.8, 4) is 11.8 Å². The highest BCUT2D eigenvalue weighted by molar-refractivity contribution is 7.90. The van der Waals surface area contributed by atoms with Crippen LogP contribution < -0.4 is 10.1 Å². The summed E-state index contributed by atoms with van der Waals surface area (Å²) in [5.41, 5.74) is -0.892. The van der Waals surface area contributed by atoms with Gasteiger partial charge < -0.3 is 10.1 Å². The van der Waals surface area contributed by atoms with Crippen molar-refractivity contribution in [1.29, 1.82) is 5.26 Å². The summed E-state index contributed by atoms with van der Waals surface area (Å²) < 4.78 is 28.3. The molecule has 1 amide bonds. The van der Waals surface area contributed by atoms with Crippen LogP contribution in [0.4, 0.5) is 0 Å². The van der Waals surface area contributed by atoms with E-state index >= 15 is 0 Å². The van der Waals surface area contributed by atoms with Crippen LogP contribution in [-0.4, -0.2) is 33.2 Å². The minimum absolute atomic E-state index is 0.0672. The van der Waals surface area contributed by atoms with Crippen LogP contribution in [0.3, 0.4) is 0 Å². The van der Waals surface area contributed by atoms with Gasteiger partial charge in [-0.3, -0.25) is 4.79 Å². The lowest BCUT2D eigenvalue weighted by Crippen LogP contribution is -2.42. The van der Waals surface area contributed by atoms with Crippen LogP contribution in [-0.2, 0) is 9.84 Å². The number of rotatable bonds is 4. The molecule has 0 fully saturated rings. The molecule has 6 nitrogen and oxygen atoms in total. The third kappa shape index (κ3) is 3.71. The number of carbonyl (C=O) groups is 1. The average Bonchev–Trinajstić information content (AvgIpc) is 2.36. The van der Waals surface area contributed by atoms with Gasteiger partial charge >= 0.3 is 0 Å². The summed E-state index contributed by atoms with van der Waals surface area (Å²) in [6, 6.07) is 6.02. The van der Waals surface area contributed by atoms with Gasteiger partial charge in [0.15, 0.2) is 9.84 Å². The molecule has 1 N–H and O–H groups in total. The van der Waals surface area contributed by atoms with Crippen LogP contribution >= 0.6 is 0 Å². The Morgan fingerprint density at radius 1 is 1.40 bits per heavy atom. The van der Waals surface area contributed by atoms with E-state index in [0.29, 0.717) is 0 Å². The number of nitrogens with one attached hydrogen (secondary N) is 1. The molecule has 0 aliphatic carbocycles. The predicted molar refractivity (Wildman–Crippen MR) is 73.3 cm³/mol. The molecule has 0 radical (unpaired) electrons. The van der Waals surface area contributed by atoms with E-state index in [0.717, 1.165) is 6.26 Å². The summed E-state index contributed by atoms with van der Waals surface area (Å²) in [5, 5.41) is 11.4. The maximum Gasteiger partial charge on any atom is 0.252 e. The van der Waals surface area contributed by atoms with E-state index in [1.807, 2.05) is 6.07 Å². The van der Waals surface area contributed by atoms with Crippen LogP contribution in [0.5, 0.6) is 5.75 Å². The number of methoxy groups -OCH3 is 1. The van der Waals surface area contributed by atoms with Crippen LogP contribution in [0.15, 0.2) is 23.1 Å². The molecule has 7 heteroatoms. The molecule has 0 aromatic heterocycles. The quantitative estimate of drug-likeness (QED) is 0.898. The number of benzene rings is 1. The molecule has 0 spiro atoms. The summed E-state index contributed by atoms with van der Waals surface area (Å²) in [6.45, 7) is 3.10. The van der Waals surface area contributed by atoms with E-state index in [-0.39, 0.29) is 16.2 Å². The highest BCUT2D eigenvalue weighted by atomic mass is 32.2. The number of hydrogen-bond acceptors (Lipinski definition) is 5. The fraction of sp³-hybridized carbons (Fsp3) is 0.385. The summed E-state index contributed by atoms with van der Waals surface area (Å²) in [5.74, 6) is -0.354. The van der Waals surface area contributed by atoms with Crippen molar-refractivity contribution in [2.75, 3.05) is 13.4 Å². The number of nitriles is 1. The van der Waals surface area contributed by atoms with Gasteiger partial charge in [-0.25, -0.2) is 8.42 Å². The molecule has 0 saturated carbocycles. The van der Waals surface area contributed by atoms with Crippen LogP contribution in [0, 0.1) is 11.3 Å². The van der Waals surface area contributed by atoms with Gasteiger partial charge in [0.05, 0.1) is 13.2 Å². The normalized spacial score (nSPS) is 11.6. The van der Waals surface area contributed by atoms with Crippen LogP contribution in [0.25, 0.3) is 0 Å². The smallest absolute Gasteiger partial charge is 0.252 e. The molecule has 0 unspecified atom stereocenters. The number of amides is 1. The predicted octanol–water partition coefficient (Wildman–Crippen LogP) is 1.13. The maximum atomic E-state index is 12.0. The van der Waals surface area contributed by atoms with Crippen molar-refractivity contribution in [1.82, 2.24) is 5.32 Å². The molecule has 1 aromatic rings. The Hall–Kier alpha value is -2.07. The van der Waals surface area contributed by atoms with Gasteiger partial charge in [0.25, 0.3) is 5.91 Å². The van der Waals surface area contributed by atoms with Gasteiger partial charge in [-0.05, 0) is 32.0 Å². The minimum Gasteiger partial charge on any atom is -0.495 e. The van der Waals surface area contributed by atoms with Crippen molar-refractivity contribution < 1.29 is 17.9 Å². The highest BCUT2D eigenvalue weighted by Gasteiger charge is 2.22. The van der Waals surface area contributed by atoms with Crippen LogP contribution in [0.2, 0.25) is 0 Å². The lowest BCUT2D eigenvalue weighted by molar-refractivity contribution is 0.0929. The standard InChI is InChI=1S/C13H16N2O4S/c1-13(2,8-14)15-12(16)9-5-6-10(19-3)11(7-9)20(4,17)18/h5-7H,1-4H3,(H,15,16). The number of nitrogens with zero attached hydrogens (tertiary/aromatic N) is 1. The van der Waals surface area contributed by atoms with Crippen molar-refractivity contribution in [3.63, 3.8) is 0 Å². The molecule has 108 valence electrons. The van der Waals surface area contributed by atoms with Gasteiger partial charge in [-0.2, -0.15) is 5.26 Å². The van der Waals surface area contributed by atoms with Gasteiger partial charge in [0, 0.05) is 11.8 Å². The molecule has 0 bridgehead atoms. The van der Waals surface area contributed by atoms with Crippen molar-refractivity contribution in [3.05, 3.63) is 23.8 Å². The van der Waals surface area contributed by atoms with Gasteiger partial charge in [0.1, 0.15) is 16.2 Å². The first-order chi connectivity index (χ1) is 9.10. The first-order valence-electron chi connectivity index (χ1n) is 5.72. The maximum absolute atomic E-state index is 12.0. The van der Waals surface area contributed by atoms with Gasteiger partial charge in [-0.1, -0.05) is 0 Å². The number of carbonyl (C=O) groups excluding carboxylic acids is 1. The van der Waals surface area contributed by atoms with E-state index in [4.69, 9.17) is 10.00 Å². The van der Waals surface area contributed by atoms with Crippen molar-refractivity contribution >= 4 is 15.7 Å². The summed E-state index contributed by atoms with van der Waals surface area (Å²) >= 11 is 0. The largest absolute Gasteiger partial charge is 0.495 e. The summed E-state index contributed by atoms with van der Waals surface area (Å²) in [4.78, 5) is 11.9. The zero-order valence-electron chi connectivity index (χ0n) is 11.7. The number of hydrogen-bond donors (Lipinski definition) is 1. The van der Waals surface area contributed by atoms with E-state index < -0.39 is 21.3 Å². The SMILES string of the molecule is COc1ccc(C(=O)NC(C)(C)C#N)cc1S(C)(=O)=O. The second kappa shape index (κ2) is 5.51. The molecule has 1 rings (SSSR count). The van der Waals surface area contributed by atoms with E-state index in [2.05, 4.69) is 5.32 Å². The molecule has 0 heterocycles. The summed E-state index contributed by atoms with van der Waals surface area (Å²) in [6.07, 6.45) is 1.03. The fourth-order valence-corrected chi connectivity index (χ4v) is 2.35. The summed E-state index contributed by atoms with van der Waals surface area (Å²) in [7, 11) is -2.17. The van der Waals surface area contributed by atoms with Gasteiger partial charge in [0.2, 0.25) is 0 Å². The van der Waals surface area contributed by atoms with Crippen LogP contribution in [0.1, 0.15) is 24.2 Å². The lowest BCUT2D eigenvalue weighted by atomic mass is 10.1.